The van der Waals surface area contributed by atoms with Crippen molar-refractivity contribution in [3.63, 3.8) is 0 Å². The maximum atomic E-state index is 11.7. The standard InChI is InChI=1S/C16H21N3O3S/c1-10-3-4-12(9-11(10)2)23-8-7-17-14(20)6-5-13-15(21)19-16(22)18-13/h3-4,9,13H,5-8H2,1-2H3,(H,17,20)(H2,18,19,21,22)/t13-/m1/s1. The molecule has 1 heterocycles. The summed E-state index contributed by atoms with van der Waals surface area (Å²) in [4.78, 5) is 35.2. The Morgan fingerprint density at radius 1 is 1.26 bits per heavy atom. The second-order valence-electron chi connectivity index (χ2n) is 5.50. The summed E-state index contributed by atoms with van der Waals surface area (Å²) in [5.74, 6) is 0.308. The van der Waals surface area contributed by atoms with Crippen LogP contribution in [0.2, 0.25) is 0 Å². The van der Waals surface area contributed by atoms with E-state index in [9.17, 15) is 14.4 Å². The minimum atomic E-state index is -0.599. The smallest absolute Gasteiger partial charge is 0.322 e. The van der Waals surface area contributed by atoms with Crippen LogP contribution in [-0.2, 0) is 9.59 Å². The van der Waals surface area contributed by atoms with Crippen LogP contribution in [0, 0.1) is 13.8 Å². The molecule has 1 atom stereocenters. The van der Waals surface area contributed by atoms with Crippen molar-refractivity contribution in [2.75, 3.05) is 12.3 Å². The topological polar surface area (TPSA) is 87.3 Å². The first kappa shape index (κ1) is 17.3. The molecule has 0 unspecified atom stereocenters. The van der Waals surface area contributed by atoms with Gasteiger partial charge in [0.2, 0.25) is 5.91 Å². The minimum absolute atomic E-state index is 0.111. The SMILES string of the molecule is Cc1ccc(SCCNC(=O)CC[C@H]2NC(=O)NC2=O)cc1C. The molecule has 0 aliphatic carbocycles. The summed E-state index contributed by atoms with van der Waals surface area (Å²) in [7, 11) is 0. The highest BCUT2D eigenvalue weighted by molar-refractivity contribution is 7.99. The molecule has 0 spiro atoms. The monoisotopic (exact) mass is 335 g/mol. The fraction of sp³-hybridized carbons (Fsp3) is 0.438. The number of nitrogens with one attached hydrogen (secondary N) is 3. The van der Waals surface area contributed by atoms with Gasteiger partial charge < -0.3 is 10.6 Å². The van der Waals surface area contributed by atoms with Crippen LogP contribution in [0.5, 0.6) is 0 Å². The van der Waals surface area contributed by atoms with Crippen molar-refractivity contribution in [1.29, 1.82) is 0 Å². The van der Waals surface area contributed by atoms with Crippen LogP contribution < -0.4 is 16.0 Å². The molecule has 1 aliphatic rings. The largest absolute Gasteiger partial charge is 0.355 e. The van der Waals surface area contributed by atoms with E-state index in [1.54, 1.807) is 11.8 Å². The van der Waals surface area contributed by atoms with E-state index in [2.05, 4.69) is 48.0 Å². The number of hydrogen-bond donors (Lipinski definition) is 3. The average molecular weight is 335 g/mol. The summed E-state index contributed by atoms with van der Waals surface area (Å²) in [5.41, 5.74) is 2.53. The Hall–Kier alpha value is -2.02. The van der Waals surface area contributed by atoms with E-state index in [0.717, 1.165) is 5.75 Å². The lowest BCUT2D eigenvalue weighted by Crippen LogP contribution is -2.32. The van der Waals surface area contributed by atoms with E-state index in [4.69, 9.17) is 0 Å². The van der Waals surface area contributed by atoms with Crippen LogP contribution in [0.3, 0.4) is 0 Å². The zero-order chi connectivity index (χ0) is 16.8. The Morgan fingerprint density at radius 2 is 2.04 bits per heavy atom. The predicted molar refractivity (Wildman–Crippen MR) is 89.3 cm³/mol. The van der Waals surface area contributed by atoms with Crippen molar-refractivity contribution < 1.29 is 14.4 Å². The van der Waals surface area contributed by atoms with E-state index in [0.29, 0.717) is 13.0 Å². The van der Waals surface area contributed by atoms with Gasteiger partial charge in [0.1, 0.15) is 6.04 Å². The quantitative estimate of drug-likeness (QED) is 0.400. The zero-order valence-electron chi connectivity index (χ0n) is 13.3. The highest BCUT2D eigenvalue weighted by Gasteiger charge is 2.29. The Bertz CT molecular complexity index is 619. The molecule has 124 valence electrons. The van der Waals surface area contributed by atoms with Gasteiger partial charge in [-0.1, -0.05) is 6.07 Å². The van der Waals surface area contributed by atoms with Crippen LogP contribution >= 0.6 is 11.8 Å². The number of benzene rings is 1. The molecule has 0 radical (unpaired) electrons. The van der Waals surface area contributed by atoms with Crippen LogP contribution in [0.15, 0.2) is 23.1 Å². The molecule has 2 rings (SSSR count). The number of aryl methyl sites for hydroxylation is 2. The highest BCUT2D eigenvalue weighted by atomic mass is 32.2. The zero-order valence-corrected chi connectivity index (χ0v) is 14.1. The maximum absolute atomic E-state index is 11.7. The van der Waals surface area contributed by atoms with Gasteiger partial charge >= 0.3 is 6.03 Å². The third-order valence-corrected chi connectivity index (χ3v) is 4.69. The average Bonchev–Trinajstić information content (AvgIpc) is 2.83. The molecule has 4 amide bonds. The van der Waals surface area contributed by atoms with Gasteiger partial charge in [0.25, 0.3) is 5.91 Å². The number of hydrogen-bond acceptors (Lipinski definition) is 4. The van der Waals surface area contributed by atoms with Gasteiger partial charge in [-0.3, -0.25) is 14.9 Å². The van der Waals surface area contributed by atoms with E-state index >= 15 is 0 Å². The molecule has 1 aromatic carbocycles. The third-order valence-electron chi connectivity index (χ3n) is 3.69. The molecular formula is C16H21N3O3S. The van der Waals surface area contributed by atoms with E-state index in [1.165, 1.54) is 16.0 Å². The lowest BCUT2D eigenvalue weighted by Gasteiger charge is -2.08. The molecule has 1 aromatic rings. The number of rotatable bonds is 7. The van der Waals surface area contributed by atoms with Crippen LogP contribution in [0.25, 0.3) is 0 Å². The Balaban J connectivity index is 1.62. The van der Waals surface area contributed by atoms with Gasteiger partial charge in [-0.05, 0) is 43.5 Å². The Labute approximate surface area is 139 Å². The molecule has 23 heavy (non-hydrogen) atoms. The number of urea groups is 1. The molecule has 1 fully saturated rings. The van der Waals surface area contributed by atoms with Gasteiger partial charge in [-0.2, -0.15) is 0 Å². The van der Waals surface area contributed by atoms with Crippen molar-refractivity contribution >= 4 is 29.6 Å². The number of thioether (sulfide) groups is 1. The summed E-state index contributed by atoms with van der Waals surface area (Å²) in [6.45, 7) is 4.73. The van der Waals surface area contributed by atoms with Gasteiger partial charge in [0.15, 0.2) is 0 Å². The molecule has 6 nitrogen and oxygen atoms in total. The fourth-order valence-electron chi connectivity index (χ4n) is 2.19. The molecule has 1 aliphatic heterocycles. The molecule has 0 saturated carbocycles. The number of amides is 4. The first-order valence-electron chi connectivity index (χ1n) is 7.54. The summed E-state index contributed by atoms with van der Waals surface area (Å²) in [6, 6.07) is 5.22. The second kappa shape index (κ2) is 8.01. The van der Waals surface area contributed by atoms with E-state index in [-0.39, 0.29) is 18.2 Å². The summed E-state index contributed by atoms with van der Waals surface area (Å²) in [6.07, 6.45) is 0.528. The van der Waals surface area contributed by atoms with Gasteiger partial charge in [0.05, 0.1) is 0 Å². The van der Waals surface area contributed by atoms with Crippen LogP contribution in [0.1, 0.15) is 24.0 Å². The number of imide groups is 1. The summed E-state index contributed by atoms with van der Waals surface area (Å²) >= 11 is 1.69. The fourth-order valence-corrected chi connectivity index (χ4v) is 3.05. The maximum Gasteiger partial charge on any atom is 0.322 e. The van der Waals surface area contributed by atoms with Crippen molar-refractivity contribution in [3.8, 4) is 0 Å². The van der Waals surface area contributed by atoms with Crippen molar-refractivity contribution in [1.82, 2.24) is 16.0 Å². The molecule has 7 heteroatoms. The highest BCUT2D eigenvalue weighted by Crippen LogP contribution is 2.20. The first-order valence-corrected chi connectivity index (χ1v) is 8.52. The third kappa shape index (κ3) is 5.28. The van der Waals surface area contributed by atoms with E-state index in [1.807, 2.05) is 0 Å². The summed E-state index contributed by atoms with van der Waals surface area (Å²) < 4.78 is 0. The number of carbonyl (C=O) groups is 3. The number of carbonyl (C=O) groups excluding carboxylic acids is 3. The predicted octanol–water partition coefficient (Wildman–Crippen LogP) is 1.50. The first-order chi connectivity index (χ1) is 11.0. The van der Waals surface area contributed by atoms with Crippen molar-refractivity contribution in [2.24, 2.45) is 0 Å². The minimum Gasteiger partial charge on any atom is -0.355 e. The van der Waals surface area contributed by atoms with Crippen LogP contribution in [0.4, 0.5) is 4.79 Å². The Kier molecular flexibility index (Phi) is 6.04. The van der Waals surface area contributed by atoms with Gasteiger partial charge in [0, 0.05) is 23.6 Å². The second-order valence-corrected chi connectivity index (χ2v) is 6.67. The van der Waals surface area contributed by atoms with Crippen molar-refractivity contribution in [2.45, 2.75) is 37.6 Å². The van der Waals surface area contributed by atoms with Gasteiger partial charge in [-0.25, -0.2) is 4.79 Å². The molecule has 0 aromatic heterocycles. The molecule has 3 N–H and O–H groups in total. The molecule has 0 bridgehead atoms. The lowest BCUT2D eigenvalue weighted by atomic mass is 10.1. The van der Waals surface area contributed by atoms with Crippen LogP contribution in [-0.4, -0.2) is 36.2 Å². The molecule has 1 saturated heterocycles. The van der Waals surface area contributed by atoms with Crippen molar-refractivity contribution in [3.05, 3.63) is 29.3 Å². The van der Waals surface area contributed by atoms with E-state index < -0.39 is 12.1 Å². The summed E-state index contributed by atoms with van der Waals surface area (Å²) in [5, 5.41) is 7.44. The normalized spacial score (nSPS) is 16.9. The molecular weight excluding hydrogens is 314 g/mol. The lowest BCUT2D eigenvalue weighted by molar-refractivity contribution is -0.122. The van der Waals surface area contributed by atoms with Gasteiger partial charge in [-0.15, -0.1) is 11.8 Å². The Morgan fingerprint density at radius 3 is 2.70 bits per heavy atom.